The van der Waals surface area contributed by atoms with Gasteiger partial charge in [-0.25, -0.2) is 0 Å². The van der Waals surface area contributed by atoms with Crippen LogP contribution < -0.4 is 0 Å². The lowest BCUT2D eigenvalue weighted by Crippen LogP contribution is -2.03. The summed E-state index contributed by atoms with van der Waals surface area (Å²) in [5, 5.41) is 0. The lowest BCUT2D eigenvalue weighted by atomic mass is 10.1. The summed E-state index contributed by atoms with van der Waals surface area (Å²) in [6.07, 6.45) is 2.34. The molecule has 78 valence electrons. The second kappa shape index (κ2) is 4.54. The molecule has 0 aliphatic rings. The molecule has 0 heterocycles. The Kier molecular flexibility index (Phi) is 3.59. The Labute approximate surface area is 93.9 Å². The highest BCUT2D eigenvalue weighted by molar-refractivity contribution is 9.12. The Bertz CT molecular complexity index is 407. The van der Waals surface area contributed by atoms with Crippen LogP contribution in [0.1, 0.15) is 11.1 Å². The van der Waals surface area contributed by atoms with Gasteiger partial charge in [-0.1, -0.05) is 18.1 Å². The predicted molar refractivity (Wildman–Crippen MR) is 57.2 cm³/mol. The van der Waals surface area contributed by atoms with E-state index in [1.807, 2.05) is 0 Å². The third-order valence-electron chi connectivity index (χ3n) is 1.67. The van der Waals surface area contributed by atoms with Gasteiger partial charge in [-0.2, -0.15) is 13.2 Å². The molecule has 1 aromatic rings. The summed E-state index contributed by atoms with van der Waals surface area (Å²) >= 11 is 3.07. The highest BCUT2D eigenvalue weighted by atomic mass is 79.9. The molecule has 0 bridgehead atoms. The highest BCUT2D eigenvalue weighted by Gasteiger charge is 2.29. The fourth-order valence-electron chi connectivity index (χ4n) is 0.956. The standard InChI is InChI=1S/C11H6BrF3/c1-2-10(12)7-8-3-5-9(6-4-8)11(13,14)15/h1,3-7H/b10-7-. The van der Waals surface area contributed by atoms with Crippen molar-refractivity contribution in [2.45, 2.75) is 6.18 Å². The van der Waals surface area contributed by atoms with Crippen LogP contribution in [0.3, 0.4) is 0 Å². The highest BCUT2D eigenvalue weighted by Crippen LogP contribution is 2.29. The minimum Gasteiger partial charge on any atom is -0.166 e. The lowest BCUT2D eigenvalue weighted by Gasteiger charge is -2.05. The number of benzene rings is 1. The molecule has 0 nitrogen and oxygen atoms in total. The van der Waals surface area contributed by atoms with E-state index in [2.05, 4.69) is 21.9 Å². The SMILES string of the molecule is C#C/C(Br)=C/c1ccc(C(F)(F)F)cc1. The zero-order chi connectivity index (χ0) is 11.5. The van der Waals surface area contributed by atoms with Crippen molar-refractivity contribution in [3.63, 3.8) is 0 Å². The van der Waals surface area contributed by atoms with Gasteiger partial charge < -0.3 is 0 Å². The van der Waals surface area contributed by atoms with Crippen LogP contribution >= 0.6 is 15.9 Å². The first-order valence-electron chi connectivity index (χ1n) is 3.94. The van der Waals surface area contributed by atoms with Gasteiger partial charge in [-0.3, -0.25) is 0 Å². The lowest BCUT2D eigenvalue weighted by molar-refractivity contribution is -0.137. The Morgan fingerprint density at radius 3 is 2.20 bits per heavy atom. The van der Waals surface area contributed by atoms with Crippen LogP contribution in [-0.2, 0) is 6.18 Å². The maximum Gasteiger partial charge on any atom is 0.416 e. The monoisotopic (exact) mass is 274 g/mol. The van der Waals surface area contributed by atoms with Gasteiger partial charge >= 0.3 is 6.18 Å². The number of allylic oxidation sites excluding steroid dienone is 1. The van der Waals surface area contributed by atoms with Crippen LogP contribution in [0.5, 0.6) is 0 Å². The fourth-order valence-corrected chi connectivity index (χ4v) is 1.22. The van der Waals surface area contributed by atoms with Crippen LogP contribution in [0.2, 0.25) is 0 Å². The molecule has 0 N–H and O–H groups in total. The first kappa shape index (κ1) is 11.9. The molecule has 0 aliphatic heterocycles. The molecule has 0 fully saturated rings. The first-order chi connectivity index (χ1) is 6.93. The number of hydrogen-bond donors (Lipinski definition) is 0. The number of rotatable bonds is 1. The zero-order valence-corrected chi connectivity index (χ0v) is 9.06. The second-order valence-electron chi connectivity index (χ2n) is 2.76. The van der Waals surface area contributed by atoms with Gasteiger partial charge in [0.25, 0.3) is 0 Å². The molecule has 0 radical (unpaired) electrons. The van der Waals surface area contributed by atoms with Crippen LogP contribution in [0, 0.1) is 12.3 Å². The topological polar surface area (TPSA) is 0 Å². The number of halogens is 4. The Balaban J connectivity index is 2.97. The molecule has 1 aromatic carbocycles. The van der Waals surface area contributed by atoms with Gasteiger partial charge in [-0.15, -0.1) is 6.42 Å². The van der Waals surface area contributed by atoms with E-state index >= 15 is 0 Å². The molecular weight excluding hydrogens is 269 g/mol. The summed E-state index contributed by atoms with van der Waals surface area (Å²) in [6.45, 7) is 0. The molecule has 0 unspecified atom stereocenters. The molecular formula is C11H6BrF3. The number of alkyl halides is 3. The van der Waals surface area contributed by atoms with Crippen molar-refractivity contribution in [2.24, 2.45) is 0 Å². The molecule has 4 heteroatoms. The third kappa shape index (κ3) is 3.45. The zero-order valence-electron chi connectivity index (χ0n) is 7.48. The molecule has 0 atom stereocenters. The van der Waals surface area contributed by atoms with Gasteiger partial charge in [0, 0.05) is 0 Å². The number of terminal acetylenes is 1. The van der Waals surface area contributed by atoms with Crippen molar-refractivity contribution in [2.75, 3.05) is 0 Å². The Morgan fingerprint density at radius 1 is 1.27 bits per heavy atom. The van der Waals surface area contributed by atoms with Crippen LogP contribution in [0.25, 0.3) is 6.08 Å². The Hall–Kier alpha value is -1.21. The maximum absolute atomic E-state index is 12.2. The van der Waals surface area contributed by atoms with Crippen molar-refractivity contribution >= 4 is 22.0 Å². The van der Waals surface area contributed by atoms with Gasteiger partial charge in [0.05, 0.1) is 10.0 Å². The summed E-state index contributed by atoms with van der Waals surface area (Å²) in [6, 6.07) is 4.76. The van der Waals surface area contributed by atoms with Crippen LogP contribution in [0.15, 0.2) is 28.7 Å². The van der Waals surface area contributed by atoms with Crippen molar-refractivity contribution in [1.29, 1.82) is 0 Å². The summed E-state index contributed by atoms with van der Waals surface area (Å²) < 4.78 is 37.1. The van der Waals surface area contributed by atoms with E-state index in [-0.39, 0.29) is 0 Å². The van der Waals surface area contributed by atoms with Gasteiger partial charge in [0.1, 0.15) is 0 Å². The van der Waals surface area contributed by atoms with Gasteiger partial charge in [0.2, 0.25) is 0 Å². The minimum atomic E-state index is -4.30. The maximum atomic E-state index is 12.2. The molecule has 0 saturated heterocycles. The van der Waals surface area contributed by atoms with Crippen molar-refractivity contribution in [1.82, 2.24) is 0 Å². The average Bonchev–Trinajstić information content (AvgIpc) is 2.17. The quantitative estimate of drug-likeness (QED) is 0.677. The fraction of sp³-hybridized carbons (Fsp3) is 0.0909. The summed E-state index contributed by atoms with van der Waals surface area (Å²) in [5.74, 6) is 2.31. The first-order valence-corrected chi connectivity index (χ1v) is 4.74. The van der Waals surface area contributed by atoms with Crippen molar-refractivity contribution < 1.29 is 13.2 Å². The van der Waals surface area contributed by atoms with Crippen molar-refractivity contribution in [3.8, 4) is 12.3 Å². The van der Waals surface area contributed by atoms with Gasteiger partial charge in [-0.05, 0) is 39.7 Å². The van der Waals surface area contributed by atoms with Gasteiger partial charge in [0.15, 0.2) is 0 Å². The van der Waals surface area contributed by atoms with Crippen LogP contribution in [-0.4, -0.2) is 0 Å². The van der Waals surface area contributed by atoms with E-state index < -0.39 is 11.7 Å². The van der Waals surface area contributed by atoms with Crippen molar-refractivity contribution in [3.05, 3.63) is 39.9 Å². The molecule has 0 saturated carbocycles. The predicted octanol–water partition coefficient (Wildman–Crippen LogP) is 4.07. The third-order valence-corrected chi connectivity index (χ3v) is 2.13. The van der Waals surface area contributed by atoms with E-state index in [0.717, 1.165) is 12.1 Å². The molecule has 0 amide bonds. The summed E-state index contributed by atoms with van der Waals surface area (Å²) in [7, 11) is 0. The largest absolute Gasteiger partial charge is 0.416 e. The molecule has 0 spiro atoms. The minimum absolute atomic E-state index is 0.488. The summed E-state index contributed by atoms with van der Waals surface area (Å²) in [5.41, 5.74) is -0.0516. The average molecular weight is 275 g/mol. The molecule has 0 aliphatic carbocycles. The van der Waals surface area contributed by atoms with E-state index in [0.29, 0.717) is 10.0 Å². The number of hydrogen-bond acceptors (Lipinski definition) is 0. The normalized spacial score (nSPS) is 12.3. The van der Waals surface area contributed by atoms with E-state index in [1.54, 1.807) is 6.08 Å². The molecule has 0 aromatic heterocycles. The Morgan fingerprint density at radius 2 is 1.80 bits per heavy atom. The molecule has 1 rings (SSSR count). The second-order valence-corrected chi connectivity index (χ2v) is 3.61. The van der Waals surface area contributed by atoms with Crippen LogP contribution in [0.4, 0.5) is 13.2 Å². The van der Waals surface area contributed by atoms with E-state index in [1.165, 1.54) is 12.1 Å². The smallest absolute Gasteiger partial charge is 0.166 e. The summed E-state index contributed by atoms with van der Waals surface area (Å²) in [4.78, 5) is 0. The molecule has 15 heavy (non-hydrogen) atoms. The van der Waals surface area contributed by atoms with E-state index in [9.17, 15) is 13.2 Å². The van der Waals surface area contributed by atoms with E-state index in [4.69, 9.17) is 6.42 Å².